The first-order valence-corrected chi connectivity index (χ1v) is 17.9. The van der Waals surface area contributed by atoms with Gasteiger partial charge >= 0.3 is 18.0 Å². The van der Waals surface area contributed by atoms with Crippen molar-refractivity contribution in [1.29, 1.82) is 0 Å². The van der Waals surface area contributed by atoms with E-state index in [0.29, 0.717) is 36.4 Å². The zero-order chi connectivity index (χ0) is 39.8. The van der Waals surface area contributed by atoms with Gasteiger partial charge in [0.1, 0.15) is 11.4 Å². The number of benzene rings is 3. The second kappa shape index (κ2) is 23.5. The van der Waals surface area contributed by atoms with Crippen LogP contribution in [0.25, 0.3) is 10.9 Å². The molecule has 0 aliphatic rings. The number of hydrazine groups is 1. The molecule has 0 fully saturated rings. The topological polar surface area (TPSA) is 227 Å². The smallest absolute Gasteiger partial charge is 0.429 e. The molecule has 1 aromatic heterocycles. The van der Waals surface area contributed by atoms with Gasteiger partial charge in [-0.2, -0.15) is 8.42 Å². The maximum absolute atomic E-state index is 11.8. The molecule has 0 bridgehead atoms. The average molecular weight is 776 g/mol. The quantitative estimate of drug-likeness (QED) is 0.0416. The molecule has 300 valence electrons. The van der Waals surface area contributed by atoms with Crippen LogP contribution in [0.3, 0.4) is 0 Å². The minimum absolute atomic E-state index is 0. The number of carbonyl (C=O) groups is 4. The second-order valence-corrected chi connectivity index (χ2v) is 13.7. The fraction of sp³-hybridized carbons (Fsp3) is 0.385. The van der Waals surface area contributed by atoms with Gasteiger partial charge in [0.05, 0.1) is 34.9 Å². The van der Waals surface area contributed by atoms with Crippen LogP contribution in [-0.4, -0.2) is 66.1 Å². The molecule has 3 aromatic carbocycles. The predicted octanol–water partition coefficient (Wildman–Crippen LogP) is 7.48. The number of ketones is 1. The van der Waals surface area contributed by atoms with Gasteiger partial charge in [0, 0.05) is 23.0 Å². The first-order valence-electron chi connectivity index (χ1n) is 16.5. The molecular formula is C39H57N3O11S. The van der Waals surface area contributed by atoms with Crippen LogP contribution >= 0.6 is 0 Å². The van der Waals surface area contributed by atoms with Gasteiger partial charge in [0.25, 0.3) is 10.1 Å². The Bertz CT molecular complexity index is 1900. The summed E-state index contributed by atoms with van der Waals surface area (Å²) in [6, 6.07) is 17.8. The highest BCUT2D eigenvalue weighted by molar-refractivity contribution is 7.85. The number of rotatable bonds is 7. The maximum atomic E-state index is 11.8. The number of hydrogen-bond acceptors (Lipinski definition) is 10. The van der Waals surface area contributed by atoms with Gasteiger partial charge < -0.3 is 29.5 Å². The number of carbonyl (C=O) groups excluding carboxylic acids is 4. The SMILES string of the molecule is C.CCC(C)=O.CCOC(=O)c1ccc(N(N)C(=O)OC(C)(C)C)cc1.CCOC(=O)c1ccc2[nH]c(C)c(C)c2c1.Cc1ccc(S(=O)(=O)O)cc1.O. The summed E-state index contributed by atoms with van der Waals surface area (Å²) in [5, 5.41) is 1.98. The van der Waals surface area contributed by atoms with Crippen molar-refractivity contribution in [1.82, 2.24) is 4.98 Å². The number of nitrogens with two attached hydrogens (primary N) is 1. The molecule has 14 nitrogen and oxygen atoms in total. The van der Waals surface area contributed by atoms with Crippen molar-refractivity contribution in [2.45, 2.75) is 93.6 Å². The van der Waals surface area contributed by atoms with E-state index < -0.39 is 27.8 Å². The lowest BCUT2D eigenvalue weighted by atomic mass is 10.1. The maximum Gasteiger partial charge on any atom is 0.429 e. The number of H-pyrrole nitrogens is 1. The number of nitrogens with zero attached hydrogens (tertiary/aromatic N) is 1. The van der Waals surface area contributed by atoms with Crippen LogP contribution in [0.4, 0.5) is 10.5 Å². The Morgan fingerprint density at radius 3 is 1.70 bits per heavy atom. The number of amides is 1. The Hall–Kier alpha value is -5.09. The van der Waals surface area contributed by atoms with Crippen LogP contribution in [0.2, 0.25) is 0 Å². The monoisotopic (exact) mass is 775 g/mol. The Kier molecular flexibility index (Phi) is 22.2. The van der Waals surface area contributed by atoms with E-state index in [2.05, 4.69) is 4.98 Å². The lowest BCUT2D eigenvalue weighted by Gasteiger charge is -2.24. The summed E-state index contributed by atoms with van der Waals surface area (Å²) in [6.45, 7) is 18.9. The molecule has 0 saturated carbocycles. The fourth-order valence-corrected chi connectivity index (χ4v) is 4.38. The fourth-order valence-electron chi connectivity index (χ4n) is 3.90. The molecule has 0 saturated heterocycles. The van der Waals surface area contributed by atoms with E-state index in [1.54, 1.807) is 65.0 Å². The zero-order valence-electron chi connectivity index (χ0n) is 32.0. The van der Waals surface area contributed by atoms with Gasteiger partial charge in [-0.15, -0.1) is 0 Å². The minimum Gasteiger partial charge on any atom is -0.462 e. The van der Waals surface area contributed by atoms with Crippen molar-refractivity contribution >= 4 is 50.5 Å². The average Bonchev–Trinajstić information content (AvgIpc) is 3.36. The summed E-state index contributed by atoms with van der Waals surface area (Å²) < 4.78 is 44.5. The minimum atomic E-state index is -4.02. The number of aromatic amines is 1. The molecule has 1 amide bonds. The summed E-state index contributed by atoms with van der Waals surface area (Å²) >= 11 is 0. The van der Waals surface area contributed by atoms with Crippen molar-refractivity contribution in [3.63, 3.8) is 0 Å². The van der Waals surface area contributed by atoms with Gasteiger partial charge in [-0.1, -0.05) is 32.0 Å². The largest absolute Gasteiger partial charge is 0.462 e. The highest BCUT2D eigenvalue weighted by atomic mass is 32.2. The van der Waals surface area contributed by atoms with Gasteiger partial charge in [-0.25, -0.2) is 25.2 Å². The van der Waals surface area contributed by atoms with Crippen LogP contribution in [0.1, 0.15) is 99.9 Å². The summed E-state index contributed by atoms with van der Waals surface area (Å²) in [5.74, 6) is 5.25. The van der Waals surface area contributed by atoms with E-state index in [1.807, 2.05) is 46.8 Å². The molecule has 1 heterocycles. The molecule has 0 aliphatic carbocycles. The van der Waals surface area contributed by atoms with E-state index >= 15 is 0 Å². The number of aryl methyl sites for hydroxylation is 3. The van der Waals surface area contributed by atoms with Crippen LogP contribution in [0.5, 0.6) is 0 Å². The van der Waals surface area contributed by atoms with Crippen molar-refractivity contribution in [2.24, 2.45) is 5.84 Å². The summed E-state index contributed by atoms with van der Waals surface area (Å²) in [6.07, 6.45) is 0.00128. The van der Waals surface area contributed by atoms with E-state index in [0.717, 1.165) is 27.2 Å². The first-order chi connectivity index (χ1) is 24.1. The third kappa shape index (κ3) is 17.6. The highest BCUT2D eigenvalue weighted by Crippen LogP contribution is 2.23. The van der Waals surface area contributed by atoms with Gasteiger partial charge in [-0.05, 0) is 122 Å². The van der Waals surface area contributed by atoms with Crippen molar-refractivity contribution in [3.05, 3.63) is 94.7 Å². The third-order valence-electron chi connectivity index (χ3n) is 6.88. The number of hydrogen-bond donors (Lipinski definition) is 3. The highest BCUT2D eigenvalue weighted by Gasteiger charge is 2.21. The number of aromatic nitrogens is 1. The molecule has 6 N–H and O–H groups in total. The van der Waals surface area contributed by atoms with E-state index in [-0.39, 0.29) is 29.6 Å². The molecule has 0 unspecified atom stereocenters. The lowest BCUT2D eigenvalue weighted by Crippen LogP contribution is -2.41. The van der Waals surface area contributed by atoms with Gasteiger partial charge in [0.15, 0.2) is 0 Å². The van der Waals surface area contributed by atoms with Gasteiger partial charge in [0.2, 0.25) is 0 Å². The lowest BCUT2D eigenvalue weighted by molar-refractivity contribution is -0.116. The standard InChI is InChI=1S/C14H20N2O4.C13H15NO2.C7H8O3S.C4H8O.CH4.H2O/c1-5-19-12(17)10-6-8-11(9-7-10)16(15)13(18)20-14(2,3)4;1-4-16-13(15)10-5-6-12-11(7-10)8(2)9(3)14-12;1-6-2-4-7(5-3-6)11(8,9)10;1-3-4(2)5;;/h6-9H,5,15H2,1-4H3;5-7,14H,4H2,1-3H3;2-5H,1H3,(H,8,9,10);3H2,1-2H3;1H4;1H2. The van der Waals surface area contributed by atoms with Gasteiger partial charge in [-0.3, -0.25) is 4.55 Å². The zero-order valence-corrected chi connectivity index (χ0v) is 32.8. The Morgan fingerprint density at radius 2 is 1.28 bits per heavy atom. The van der Waals surface area contributed by atoms with Crippen molar-refractivity contribution in [3.8, 4) is 0 Å². The van der Waals surface area contributed by atoms with E-state index in [4.69, 9.17) is 24.6 Å². The van der Waals surface area contributed by atoms with E-state index in [1.165, 1.54) is 29.8 Å². The van der Waals surface area contributed by atoms with Crippen LogP contribution in [-0.2, 0) is 29.1 Å². The normalized spacial score (nSPS) is 10.2. The number of fused-ring (bicyclic) bond motifs is 1. The molecule has 15 heteroatoms. The number of anilines is 1. The summed E-state index contributed by atoms with van der Waals surface area (Å²) in [5.41, 5.74) is 5.13. The summed E-state index contributed by atoms with van der Waals surface area (Å²) in [4.78, 5) is 47.8. The molecular weight excluding hydrogens is 719 g/mol. The molecule has 0 aliphatic heterocycles. The Morgan fingerprint density at radius 1 is 0.815 bits per heavy atom. The van der Waals surface area contributed by atoms with Crippen LogP contribution in [0.15, 0.2) is 71.6 Å². The summed E-state index contributed by atoms with van der Waals surface area (Å²) in [7, 11) is -4.02. The number of Topliss-reactive ketones (excluding diaryl/α,β-unsaturated/α-hetero) is 1. The molecule has 0 atom stereocenters. The van der Waals surface area contributed by atoms with Crippen LogP contribution < -0.4 is 10.9 Å². The molecule has 0 radical (unpaired) electrons. The Labute approximate surface area is 319 Å². The number of esters is 2. The first kappa shape index (κ1) is 51.0. The molecule has 4 aromatic rings. The Balaban J connectivity index is 0. The van der Waals surface area contributed by atoms with Crippen LogP contribution in [0, 0.1) is 20.8 Å². The predicted molar refractivity (Wildman–Crippen MR) is 211 cm³/mol. The molecule has 0 spiro atoms. The van der Waals surface area contributed by atoms with Crippen molar-refractivity contribution < 1.29 is 51.8 Å². The molecule has 54 heavy (non-hydrogen) atoms. The van der Waals surface area contributed by atoms with E-state index in [9.17, 15) is 27.6 Å². The number of nitrogens with one attached hydrogen (secondary N) is 1. The second-order valence-electron chi connectivity index (χ2n) is 12.3. The third-order valence-corrected chi connectivity index (χ3v) is 7.75. The van der Waals surface area contributed by atoms with Crippen molar-refractivity contribution in [2.75, 3.05) is 18.2 Å². The molecule has 4 rings (SSSR count). The number of ether oxygens (including phenoxy) is 3.